The Bertz CT molecular complexity index is 789. The van der Waals surface area contributed by atoms with Gasteiger partial charge in [-0.3, -0.25) is 10.1 Å². The zero-order valence-corrected chi connectivity index (χ0v) is 12.9. The molecule has 3 rings (SSSR count). The fourth-order valence-corrected chi connectivity index (χ4v) is 3.09. The summed E-state index contributed by atoms with van der Waals surface area (Å²) in [5, 5.41) is 20.5. The van der Waals surface area contributed by atoms with Gasteiger partial charge in [0.15, 0.2) is 0 Å². The summed E-state index contributed by atoms with van der Waals surface area (Å²) >= 11 is 0. The van der Waals surface area contributed by atoms with E-state index in [4.69, 9.17) is 5.73 Å². The lowest BCUT2D eigenvalue weighted by atomic mass is 9.91. The van der Waals surface area contributed by atoms with Gasteiger partial charge in [-0.25, -0.2) is 4.98 Å². The molecule has 1 aromatic carbocycles. The second-order valence-electron chi connectivity index (χ2n) is 5.62. The molecule has 0 spiro atoms. The van der Waals surface area contributed by atoms with Crippen molar-refractivity contribution in [1.82, 2.24) is 9.97 Å². The fraction of sp³-hybridized carbons (Fsp3) is 0.312. The van der Waals surface area contributed by atoms with E-state index in [2.05, 4.69) is 16.0 Å². The summed E-state index contributed by atoms with van der Waals surface area (Å²) in [4.78, 5) is 20.3. The third-order valence-electron chi connectivity index (χ3n) is 4.22. The van der Waals surface area contributed by atoms with Crippen LogP contribution in [0.25, 0.3) is 0 Å². The van der Waals surface area contributed by atoms with Gasteiger partial charge in [0.25, 0.3) is 0 Å². The average Bonchev–Trinajstić information content (AvgIpc) is 3.05. The molecule has 0 bridgehead atoms. The van der Waals surface area contributed by atoms with Crippen molar-refractivity contribution in [3.05, 3.63) is 52.2 Å². The highest BCUT2D eigenvalue weighted by Crippen LogP contribution is 2.33. The van der Waals surface area contributed by atoms with Crippen LogP contribution in [-0.2, 0) is 0 Å². The first-order chi connectivity index (χ1) is 11.6. The summed E-state index contributed by atoms with van der Waals surface area (Å²) in [6.07, 6.45) is 2.85. The highest BCUT2D eigenvalue weighted by Gasteiger charge is 2.35. The van der Waals surface area contributed by atoms with Gasteiger partial charge in [0.05, 0.1) is 23.0 Å². The largest absolute Gasteiger partial charge is 0.378 e. The Hall–Kier alpha value is -3.21. The highest BCUT2D eigenvalue weighted by molar-refractivity contribution is 5.54. The third-order valence-corrected chi connectivity index (χ3v) is 4.22. The van der Waals surface area contributed by atoms with Gasteiger partial charge in [-0.05, 0) is 18.4 Å². The topological polar surface area (TPSA) is 122 Å². The lowest BCUT2D eigenvalue weighted by Gasteiger charge is -2.28. The van der Waals surface area contributed by atoms with Crippen molar-refractivity contribution in [3.8, 4) is 6.07 Å². The Balaban J connectivity index is 1.92. The summed E-state index contributed by atoms with van der Waals surface area (Å²) in [5.74, 6) is -0.158. The monoisotopic (exact) mass is 324 g/mol. The van der Waals surface area contributed by atoms with E-state index >= 15 is 0 Å². The number of benzene rings is 1. The van der Waals surface area contributed by atoms with Crippen LogP contribution in [0.15, 0.2) is 36.5 Å². The lowest BCUT2D eigenvalue weighted by Crippen LogP contribution is -2.35. The second-order valence-corrected chi connectivity index (χ2v) is 5.62. The molecule has 122 valence electrons. The SMILES string of the molecule is N#CC(c1ccccc1)C1CCCN1c1ncc([N+](=O)[O-])c(N)n1. The molecule has 24 heavy (non-hydrogen) atoms. The van der Waals surface area contributed by atoms with Gasteiger partial charge in [-0.1, -0.05) is 30.3 Å². The van der Waals surface area contributed by atoms with Crippen molar-refractivity contribution >= 4 is 17.5 Å². The Morgan fingerprint density at radius 2 is 2.17 bits per heavy atom. The number of nitro groups is 1. The smallest absolute Gasteiger partial charge is 0.329 e. The van der Waals surface area contributed by atoms with Crippen molar-refractivity contribution in [2.75, 3.05) is 17.2 Å². The molecule has 0 aliphatic carbocycles. The summed E-state index contributed by atoms with van der Waals surface area (Å²) in [6.45, 7) is 0.687. The van der Waals surface area contributed by atoms with Gasteiger partial charge in [0.1, 0.15) is 6.20 Å². The molecule has 2 unspecified atom stereocenters. The van der Waals surface area contributed by atoms with Gasteiger partial charge in [0, 0.05) is 6.54 Å². The van der Waals surface area contributed by atoms with Crippen LogP contribution >= 0.6 is 0 Å². The Kier molecular flexibility index (Phi) is 4.24. The van der Waals surface area contributed by atoms with Crippen molar-refractivity contribution < 1.29 is 4.92 Å². The van der Waals surface area contributed by atoms with Gasteiger partial charge >= 0.3 is 5.69 Å². The number of nitrogens with two attached hydrogens (primary N) is 1. The maximum Gasteiger partial charge on any atom is 0.329 e. The van der Waals surface area contributed by atoms with E-state index in [1.54, 1.807) is 0 Å². The third kappa shape index (κ3) is 2.84. The molecule has 8 nitrogen and oxygen atoms in total. The zero-order chi connectivity index (χ0) is 17.1. The maximum absolute atomic E-state index is 10.8. The van der Waals surface area contributed by atoms with Gasteiger partial charge in [-0.15, -0.1) is 0 Å². The van der Waals surface area contributed by atoms with Crippen LogP contribution in [-0.4, -0.2) is 27.5 Å². The second kappa shape index (κ2) is 6.50. The number of rotatable bonds is 4. The van der Waals surface area contributed by atoms with Gasteiger partial charge < -0.3 is 10.6 Å². The molecule has 8 heteroatoms. The minimum Gasteiger partial charge on any atom is -0.378 e. The van der Waals surface area contributed by atoms with Crippen LogP contribution in [0.5, 0.6) is 0 Å². The predicted molar refractivity (Wildman–Crippen MR) is 88.3 cm³/mol. The summed E-state index contributed by atoms with van der Waals surface area (Å²) in [5.41, 5.74) is 6.30. The molecule has 2 heterocycles. The molecule has 1 fully saturated rings. The Labute approximate surface area is 138 Å². The number of aromatic nitrogens is 2. The highest BCUT2D eigenvalue weighted by atomic mass is 16.6. The molecular formula is C16H16N6O2. The van der Waals surface area contributed by atoms with E-state index in [9.17, 15) is 15.4 Å². The van der Waals surface area contributed by atoms with E-state index < -0.39 is 4.92 Å². The Morgan fingerprint density at radius 3 is 2.79 bits per heavy atom. The molecular weight excluding hydrogens is 308 g/mol. The van der Waals surface area contributed by atoms with E-state index in [0.717, 1.165) is 24.6 Å². The fourth-order valence-electron chi connectivity index (χ4n) is 3.09. The van der Waals surface area contributed by atoms with Crippen LogP contribution in [0.3, 0.4) is 0 Å². The minimum atomic E-state index is -0.609. The number of hydrogen-bond donors (Lipinski definition) is 1. The van der Waals surface area contributed by atoms with E-state index in [1.807, 2.05) is 35.2 Å². The number of nitrogen functional groups attached to an aromatic ring is 1. The van der Waals surface area contributed by atoms with Crippen LogP contribution in [0.4, 0.5) is 17.5 Å². The predicted octanol–water partition coefficient (Wildman–Crippen LogP) is 2.24. The molecule has 0 saturated carbocycles. The summed E-state index contributed by atoms with van der Waals surface area (Å²) in [7, 11) is 0. The average molecular weight is 324 g/mol. The molecule has 0 amide bonds. The lowest BCUT2D eigenvalue weighted by molar-refractivity contribution is -0.384. The van der Waals surface area contributed by atoms with Gasteiger partial charge in [-0.2, -0.15) is 10.2 Å². The molecule has 0 radical (unpaired) electrons. The molecule has 2 aromatic rings. The first-order valence-corrected chi connectivity index (χ1v) is 7.60. The molecule has 1 aromatic heterocycles. The summed E-state index contributed by atoms with van der Waals surface area (Å²) < 4.78 is 0. The standard InChI is InChI=1S/C16H16N6O2/c17-9-12(11-5-2-1-3-6-11)13-7-4-8-21(13)16-19-10-14(22(23)24)15(18)20-16/h1-3,5-6,10,12-13H,4,7-8H2,(H2,18,19,20). The van der Waals surface area contributed by atoms with Crippen LogP contribution in [0.2, 0.25) is 0 Å². The quantitative estimate of drug-likeness (QED) is 0.676. The number of anilines is 2. The van der Waals surface area contributed by atoms with Crippen LogP contribution in [0.1, 0.15) is 24.3 Å². The molecule has 1 aliphatic rings. The van der Waals surface area contributed by atoms with Crippen molar-refractivity contribution in [3.63, 3.8) is 0 Å². The van der Waals surface area contributed by atoms with Crippen molar-refractivity contribution in [2.24, 2.45) is 0 Å². The molecule has 2 atom stereocenters. The summed E-state index contributed by atoms with van der Waals surface area (Å²) in [6, 6.07) is 11.8. The first-order valence-electron chi connectivity index (χ1n) is 7.60. The minimum absolute atomic E-state index is 0.0849. The van der Waals surface area contributed by atoms with Crippen molar-refractivity contribution in [1.29, 1.82) is 5.26 Å². The first kappa shape index (κ1) is 15.7. The van der Waals surface area contributed by atoms with E-state index in [0.29, 0.717) is 12.5 Å². The van der Waals surface area contributed by atoms with E-state index in [-0.39, 0.29) is 23.5 Å². The van der Waals surface area contributed by atoms with E-state index in [1.165, 1.54) is 0 Å². The number of nitrogens with zero attached hydrogens (tertiary/aromatic N) is 5. The van der Waals surface area contributed by atoms with Crippen LogP contribution < -0.4 is 10.6 Å². The van der Waals surface area contributed by atoms with Crippen LogP contribution in [0, 0.1) is 21.4 Å². The molecule has 1 aliphatic heterocycles. The normalized spacial score (nSPS) is 18.1. The number of hydrogen-bond acceptors (Lipinski definition) is 7. The van der Waals surface area contributed by atoms with Crippen molar-refractivity contribution in [2.45, 2.75) is 24.8 Å². The van der Waals surface area contributed by atoms with Gasteiger partial charge in [0.2, 0.25) is 11.8 Å². The molecule has 1 saturated heterocycles. The maximum atomic E-state index is 10.8. The Morgan fingerprint density at radius 1 is 1.42 bits per heavy atom. The zero-order valence-electron chi connectivity index (χ0n) is 12.9. The molecule has 2 N–H and O–H groups in total. The number of nitriles is 1.